The molecule has 21 heavy (non-hydrogen) atoms. The topological polar surface area (TPSA) is 40.7 Å². The first-order valence-corrected chi connectivity index (χ1v) is 6.81. The van der Waals surface area contributed by atoms with Gasteiger partial charge in [0.05, 0.1) is 11.9 Å². The number of aryl methyl sites for hydroxylation is 1. The van der Waals surface area contributed by atoms with E-state index in [1.165, 1.54) is 12.1 Å². The lowest BCUT2D eigenvalue weighted by molar-refractivity contribution is 0.627. The number of anilines is 1. The van der Waals surface area contributed by atoms with Crippen LogP contribution >= 0.6 is 0 Å². The average molecular weight is 281 g/mol. The van der Waals surface area contributed by atoms with Crippen molar-refractivity contribution < 1.29 is 4.39 Å². The molecule has 0 aliphatic heterocycles. The van der Waals surface area contributed by atoms with E-state index in [1.54, 1.807) is 6.20 Å². The number of nitrogens with zero attached hydrogens (tertiary/aromatic N) is 1. The largest absolute Gasteiger partial charge is 0.381 e. The number of nitrogens with one attached hydrogen (secondary N) is 2. The van der Waals surface area contributed by atoms with Crippen LogP contribution in [0.4, 0.5) is 10.1 Å². The van der Waals surface area contributed by atoms with E-state index in [0.29, 0.717) is 6.54 Å². The second-order valence-electron chi connectivity index (χ2n) is 5.01. The summed E-state index contributed by atoms with van der Waals surface area (Å²) in [6, 6.07) is 15.0. The van der Waals surface area contributed by atoms with Gasteiger partial charge in [-0.25, -0.2) is 4.39 Å². The Morgan fingerprint density at radius 2 is 1.95 bits per heavy atom. The molecule has 0 atom stereocenters. The smallest absolute Gasteiger partial charge is 0.125 e. The molecule has 0 saturated heterocycles. The molecule has 0 fully saturated rings. The van der Waals surface area contributed by atoms with Crippen molar-refractivity contribution in [3.8, 4) is 11.3 Å². The standard InChI is InChI=1S/C17H16FN3/c1-12-7-15(18)9-16(8-12)19-10-14-11-20-21-17(14)13-5-3-2-4-6-13/h2-9,11,19H,10H2,1H3,(H,20,21). The Morgan fingerprint density at radius 3 is 2.71 bits per heavy atom. The highest BCUT2D eigenvalue weighted by Crippen LogP contribution is 2.22. The fraction of sp³-hybridized carbons (Fsp3) is 0.118. The lowest BCUT2D eigenvalue weighted by Crippen LogP contribution is -2.00. The highest BCUT2D eigenvalue weighted by Gasteiger charge is 2.07. The summed E-state index contributed by atoms with van der Waals surface area (Å²) in [5, 5.41) is 10.4. The summed E-state index contributed by atoms with van der Waals surface area (Å²) >= 11 is 0. The van der Waals surface area contributed by atoms with Gasteiger partial charge in [0, 0.05) is 17.8 Å². The van der Waals surface area contributed by atoms with Crippen LogP contribution in [0.1, 0.15) is 11.1 Å². The fourth-order valence-electron chi connectivity index (χ4n) is 2.34. The van der Waals surface area contributed by atoms with Crippen LogP contribution in [0.3, 0.4) is 0 Å². The van der Waals surface area contributed by atoms with Gasteiger partial charge in [-0.15, -0.1) is 0 Å². The number of aromatic amines is 1. The molecular formula is C17H16FN3. The molecule has 0 saturated carbocycles. The summed E-state index contributed by atoms with van der Waals surface area (Å²) in [5.41, 5.74) is 4.78. The van der Waals surface area contributed by atoms with Crippen LogP contribution < -0.4 is 5.32 Å². The molecule has 3 aromatic rings. The molecule has 2 N–H and O–H groups in total. The SMILES string of the molecule is Cc1cc(F)cc(NCc2cn[nH]c2-c2ccccc2)c1. The van der Waals surface area contributed by atoms with Crippen molar-refractivity contribution >= 4 is 5.69 Å². The van der Waals surface area contributed by atoms with Crippen LogP contribution in [0.15, 0.2) is 54.7 Å². The lowest BCUT2D eigenvalue weighted by Gasteiger charge is -2.08. The molecule has 0 bridgehead atoms. The van der Waals surface area contributed by atoms with E-state index < -0.39 is 0 Å². The van der Waals surface area contributed by atoms with E-state index in [1.807, 2.05) is 43.3 Å². The predicted octanol–water partition coefficient (Wildman–Crippen LogP) is 4.14. The molecule has 0 aliphatic carbocycles. The van der Waals surface area contributed by atoms with Gasteiger partial charge in [0.1, 0.15) is 5.82 Å². The fourth-order valence-corrected chi connectivity index (χ4v) is 2.34. The van der Waals surface area contributed by atoms with Crippen LogP contribution in [0.5, 0.6) is 0 Å². The molecule has 3 rings (SSSR count). The highest BCUT2D eigenvalue weighted by molar-refractivity contribution is 5.63. The van der Waals surface area contributed by atoms with Gasteiger partial charge in [0.25, 0.3) is 0 Å². The maximum atomic E-state index is 13.4. The maximum Gasteiger partial charge on any atom is 0.125 e. The highest BCUT2D eigenvalue weighted by atomic mass is 19.1. The first-order valence-electron chi connectivity index (χ1n) is 6.81. The summed E-state index contributed by atoms with van der Waals surface area (Å²) in [6.45, 7) is 2.46. The number of aromatic nitrogens is 2. The monoisotopic (exact) mass is 281 g/mol. The van der Waals surface area contributed by atoms with Crippen molar-refractivity contribution in [2.75, 3.05) is 5.32 Å². The number of benzene rings is 2. The Hall–Kier alpha value is -2.62. The number of H-pyrrole nitrogens is 1. The summed E-state index contributed by atoms with van der Waals surface area (Å²) < 4.78 is 13.4. The molecular weight excluding hydrogens is 265 g/mol. The first kappa shape index (κ1) is 13.4. The van der Waals surface area contributed by atoms with Gasteiger partial charge in [-0.1, -0.05) is 30.3 Å². The molecule has 1 heterocycles. The Kier molecular flexibility index (Phi) is 3.69. The van der Waals surface area contributed by atoms with Gasteiger partial charge in [-0.2, -0.15) is 5.10 Å². The van der Waals surface area contributed by atoms with E-state index in [0.717, 1.165) is 28.1 Å². The summed E-state index contributed by atoms with van der Waals surface area (Å²) in [5.74, 6) is -0.229. The Labute approximate surface area is 122 Å². The van der Waals surface area contributed by atoms with Crippen LogP contribution in [0.25, 0.3) is 11.3 Å². The van der Waals surface area contributed by atoms with Crippen molar-refractivity contribution in [2.45, 2.75) is 13.5 Å². The number of hydrogen-bond acceptors (Lipinski definition) is 2. The third-order valence-electron chi connectivity index (χ3n) is 3.31. The average Bonchev–Trinajstić information content (AvgIpc) is 2.93. The second-order valence-corrected chi connectivity index (χ2v) is 5.01. The molecule has 0 aliphatic rings. The molecule has 0 spiro atoms. The van der Waals surface area contributed by atoms with Crippen LogP contribution in [-0.4, -0.2) is 10.2 Å². The number of hydrogen-bond donors (Lipinski definition) is 2. The zero-order valence-corrected chi connectivity index (χ0v) is 11.7. The number of halogens is 1. The second kappa shape index (κ2) is 5.79. The Bertz CT molecular complexity index is 715. The van der Waals surface area contributed by atoms with Crippen LogP contribution in [0, 0.1) is 12.7 Å². The molecule has 106 valence electrons. The zero-order valence-electron chi connectivity index (χ0n) is 11.7. The van der Waals surface area contributed by atoms with E-state index in [-0.39, 0.29) is 5.82 Å². The van der Waals surface area contributed by atoms with Crippen molar-refractivity contribution in [3.05, 3.63) is 71.7 Å². The Morgan fingerprint density at radius 1 is 1.14 bits per heavy atom. The summed E-state index contributed by atoms with van der Waals surface area (Å²) in [4.78, 5) is 0. The Balaban J connectivity index is 1.79. The van der Waals surface area contributed by atoms with E-state index in [9.17, 15) is 4.39 Å². The minimum Gasteiger partial charge on any atom is -0.381 e. The molecule has 3 nitrogen and oxygen atoms in total. The molecule has 0 radical (unpaired) electrons. The number of rotatable bonds is 4. The van der Waals surface area contributed by atoms with Gasteiger partial charge in [-0.3, -0.25) is 5.10 Å². The maximum absolute atomic E-state index is 13.4. The third-order valence-corrected chi connectivity index (χ3v) is 3.31. The van der Waals surface area contributed by atoms with Crippen LogP contribution in [-0.2, 0) is 6.54 Å². The zero-order chi connectivity index (χ0) is 14.7. The van der Waals surface area contributed by atoms with Gasteiger partial charge in [0.2, 0.25) is 0 Å². The summed E-state index contributed by atoms with van der Waals surface area (Å²) in [7, 11) is 0. The van der Waals surface area contributed by atoms with Crippen molar-refractivity contribution in [2.24, 2.45) is 0 Å². The minimum absolute atomic E-state index is 0.229. The predicted molar refractivity (Wildman–Crippen MR) is 82.5 cm³/mol. The quantitative estimate of drug-likeness (QED) is 0.754. The summed E-state index contributed by atoms with van der Waals surface area (Å²) in [6.07, 6.45) is 1.79. The lowest BCUT2D eigenvalue weighted by atomic mass is 10.1. The minimum atomic E-state index is -0.229. The van der Waals surface area contributed by atoms with Crippen molar-refractivity contribution in [1.29, 1.82) is 0 Å². The van der Waals surface area contributed by atoms with Gasteiger partial charge in [-0.05, 0) is 36.2 Å². The van der Waals surface area contributed by atoms with E-state index >= 15 is 0 Å². The van der Waals surface area contributed by atoms with E-state index in [4.69, 9.17) is 0 Å². The molecule has 0 unspecified atom stereocenters. The molecule has 0 amide bonds. The van der Waals surface area contributed by atoms with Gasteiger partial charge < -0.3 is 5.32 Å². The molecule has 4 heteroatoms. The van der Waals surface area contributed by atoms with Gasteiger partial charge in [0.15, 0.2) is 0 Å². The molecule has 2 aromatic carbocycles. The van der Waals surface area contributed by atoms with E-state index in [2.05, 4.69) is 15.5 Å². The van der Waals surface area contributed by atoms with Gasteiger partial charge >= 0.3 is 0 Å². The first-order chi connectivity index (χ1) is 10.2. The normalized spacial score (nSPS) is 10.6. The van der Waals surface area contributed by atoms with Crippen molar-refractivity contribution in [3.63, 3.8) is 0 Å². The van der Waals surface area contributed by atoms with Crippen LogP contribution in [0.2, 0.25) is 0 Å². The third kappa shape index (κ3) is 3.11. The molecule has 1 aromatic heterocycles. The van der Waals surface area contributed by atoms with Crippen molar-refractivity contribution in [1.82, 2.24) is 10.2 Å².